The minimum Gasteiger partial charge on any atom is -0.394 e. The molecule has 3 N–H and O–H groups in total. The van der Waals surface area contributed by atoms with Crippen molar-refractivity contribution in [3.05, 3.63) is 33.1 Å². The van der Waals surface area contributed by atoms with Crippen LogP contribution in [0, 0.1) is 0 Å². The van der Waals surface area contributed by atoms with E-state index in [4.69, 9.17) is 9.84 Å². The Bertz CT molecular complexity index is 514. The summed E-state index contributed by atoms with van der Waals surface area (Å²) in [6.45, 7) is -0.490. The van der Waals surface area contributed by atoms with Gasteiger partial charge in [0.15, 0.2) is 11.2 Å². The number of rotatable bonds is 2. The third-order valence-electron chi connectivity index (χ3n) is 2.60. The Kier molecular flexibility index (Phi) is 5.90. The standard InChI is InChI=1S/C9H12N2O6.K/c12-3-4-6(14)7(15)8(17-4)11-2-1-5(13)10-9(11)16;/h1-2,4,6-8,12,14-15H,3H2,(H,10,13,16);/q;+1/p-1/t4-,6-,7-,8-;/m1./s1. The molecule has 0 spiro atoms. The van der Waals surface area contributed by atoms with Gasteiger partial charge in [-0.1, -0.05) is 6.20 Å². The Hall–Kier alpha value is 0.156. The molecular formula is C9H11KN2O6. The minimum absolute atomic E-state index is 0. The van der Waals surface area contributed by atoms with Crippen LogP contribution in [0.15, 0.2) is 21.9 Å². The maximum absolute atomic E-state index is 11.4. The van der Waals surface area contributed by atoms with Gasteiger partial charge in [-0.25, -0.2) is 0 Å². The Balaban J connectivity index is 0.00000162. The Morgan fingerprint density at radius 2 is 2.00 bits per heavy atom. The van der Waals surface area contributed by atoms with Crippen molar-refractivity contribution in [2.45, 2.75) is 24.5 Å². The molecule has 0 amide bonds. The number of aromatic nitrogens is 2. The number of hydrogen-bond acceptors (Lipinski definition) is 6. The van der Waals surface area contributed by atoms with E-state index in [0.717, 1.165) is 16.8 Å². The topological polar surface area (TPSA) is 123 Å². The van der Waals surface area contributed by atoms with Gasteiger partial charge in [0, 0.05) is 0 Å². The maximum atomic E-state index is 11.4. The normalized spacial score (nSPS) is 31.1. The third-order valence-corrected chi connectivity index (χ3v) is 2.60. The number of aliphatic hydroxyl groups is 3. The molecule has 94 valence electrons. The Morgan fingerprint density at radius 1 is 1.33 bits per heavy atom. The van der Waals surface area contributed by atoms with E-state index in [1.165, 1.54) is 0 Å². The van der Waals surface area contributed by atoms with E-state index in [0.29, 0.717) is 0 Å². The van der Waals surface area contributed by atoms with Gasteiger partial charge in [0.2, 0.25) is 0 Å². The van der Waals surface area contributed by atoms with E-state index < -0.39 is 42.4 Å². The molecule has 9 heteroatoms. The first-order chi connectivity index (χ1) is 8.04. The van der Waals surface area contributed by atoms with Crippen LogP contribution in [-0.4, -0.2) is 44.8 Å². The molecule has 0 aliphatic carbocycles. The molecule has 0 radical (unpaired) electrons. The molecule has 1 aliphatic rings. The zero-order valence-electron chi connectivity index (χ0n) is 9.63. The van der Waals surface area contributed by atoms with Gasteiger partial charge < -0.3 is 29.6 Å². The molecule has 1 fully saturated rings. The molecule has 1 aliphatic heterocycles. The molecule has 4 atom stereocenters. The van der Waals surface area contributed by atoms with Crippen LogP contribution >= 0.6 is 0 Å². The van der Waals surface area contributed by atoms with Gasteiger partial charge >= 0.3 is 51.4 Å². The zero-order valence-corrected chi connectivity index (χ0v) is 12.8. The fourth-order valence-electron chi connectivity index (χ4n) is 1.70. The molecule has 2 rings (SSSR count). The fourth-order valence-corrected chi connectivity index (χ4v) is 1.70. The summed E-state index contributed by atoms with van der Waals surface area (Å²) < 4.78 is 6.01. The van der Waals surface area contributed by atoms with E-state index in [2.05, 4.69) is 4.98 Å². The molecule has 18 heavy (non-hydrogen) atoms. The summed E-state index contributed by atoms with van der Waals surface area (Å²) in [6.07, 6.45) is -3.69. The molecule has 1 saturated heterocycles. The van der Waals surface area contributed by atoms with Gasteiger partial charge in [0.25, 0.3) is 0 Å². The molecular weight excluding hydrogens is 271 g/mol. The second-order valence-electron chi connectivity index (χ2n) is 3.68. The van der Waals surface area contributed by atoms with Crippen molar-refractivity contribution in [3.63, 3.8) is 0 Å². The van der Waals surface area contributed by atoms with Crippen molar-refractivity contribution in [2.24, 2.45) is 0 Å². The van der Waals surface area contributed by atoms with Crippen molar-refractivity contribution in [2.75, 3.05) is 6.61 Å². The van der Waals surface area contributed by atoms with Crippen LogP contribution in [0.4, 0.5) is 0 Å². The molecule has 8 nitrogen and oxygen atoms in total. The fraction of sp³-hybridized carbons (Fsp3) is 0.556. The average molecular weight is 282 g/mol. The summed E-state index contributed by atoms with van der Waals surface area (Å²) in [5.74, 6) is 0. The molecule has 0 bridgehead atoms. The van der Waals surface area contributed by atoms with Crippen LogP contribution in [0.25, 0.3) is 0 Å². The van der Waals surface area contributed by atoms with E-state index in [9.17, 15) is 19.8 Å². The smallest absolute Gasteiger partial charge is 0.394 e. The van der Waals surface area contributed by atoms with Gasteiger partial charge in [0.05, 0.1) is 12.8 Å². The molecule has 0 saturated carbocycles. The van der Waals surface area contributed by atoms with E-state index in [-0.39, 0.29) is 51.4 Å². The first-order valence-electron chi connectivity index (χ1n) is 4.93. The SMILES string of the molecule is O=c1ccn([C@@H]2O[C@H](CO)[C@@H](O)[C@H]2O)c(=O)[n-]1.[K+]. The van der Waals surface area contributed by atoms with Crippen LogP contribution in [0.1, 0.15) is 6.23 Å². The molecule has 1 aromatic heterocycles. The van der Waals surface area contributed by atoms with Crippen molar-refractivity contribution in [1.29, 1.82) is 0 Å². The van der Waals surface area contributed by atoms with Gasteiger partial charge in [-0.2, -0.15) is 0 Å². The summed E-state index contributed by atoms with van der Waals surface area (Å²) in [5.41, 5.74) is -1.58. The van der Waals surface area contributed by atoms with Gasteiger partial charge in [-0.15, -0.1) is 0 Å². The predicted octanol–water partition coefficient (Wildman–Crippen LogP) is -6.22. The molecule has 1 aromatic rings. The van der Waals surface area contributed by atoms with E-state index >= 15 is 0 Å². The van der Waals surface area contributed by atoms with E-state index in [1.807, 2.05) is 0 Å². The Morgan fingerprint density at radius 3 is 2.50 bits per heavy atom. The van der Waals surface area contributed by atoms with Crippen LogP contribution in [0.3, 0.4) is 0 Å². The minimum atomic E-state index is -1.37. The quantitative estimate of drug-likeness (QED) is 0.461. The van der Waals surface area contributed by atoms with Gasteiger partial charge in [-0.3, -0.25) is 9.59 Å². The average Bonchev–Trinajstić information content (AvgIpc) is 2.57. The number of aliphatic hydroxyl groups excluding tert-OH is 3. The second kappa shape index (κ2) is 6.55. The zero-order chi connectivity index (χ0) is 12.6. The van der Waals surface area contributed by atoms with Crippen molar-refractivity contribution in [3.8, 4) is 0 Å². The number of hydrogen-bond donors (Lipinski definition) is 3. The second-order valence-corrected chi connectivity index (χ2v) is 3.68. The van der Waals surface area contributed by atoms with Crippen LogP contribution in [-0.2, 0) is 4.74 Å². The first kappa shape index (κ1) is 16.2. The van der Waals surface area contributed by atoms with Crippen molar-refractivity contribution in [1.82, 2.24) is 9.55 Å². The summed E-state index contributed by atoms with van der Waals surface area (Å²) in [7, 11) is 0. The summed E-state index contributed by atoms with van der Waals surface area (Å²) in [5, 5.41) is 28.0. The largest absolute Gasteiger partial charge is 1.00 e. The first-order valence-corrected chi connectivity index (χ1v) is 4.93. The van der Waals surface area contributed by atoms with Gasteiger partial charge in [0.1, 0.15) is 18.3 Å². The molecule has 0 unspecified atom stereocenters. The van der Waals surface area contributed by atoms with Gasteiger partial charge in [-0.05, 0) is 6.07 Å². The van der Waals surface area contributed by atoms with Crippen molar-refractivity contribution < 1.29 is 71.4 Å². The predicted molar refractivity (Wildman–Crippen MR) is 53.3 cm³/mol. The monoisotopic (exact) mass is 282 g/mol. The molecule has 0 aromatic carbocycles. The Labute approximate surface area is 144 Å². The summed E-state index contributed by atoms with van der Waals surface area (Å²) >= 11 is 0. The third kappa shape index (κ3) is 3.00. The summed E-state index contributed by atoms with van der Waals surface area (Å²) in [6, 6.07) is 1.04. The van der Waals surface area contributed by atoms with Crippen molar-refractivity contribution >= 4 is 0 Å². The summed E-state index contributed by atoms with van der Waals surface area (Å²) in [4.78, 5) is 25.3. The van der Waals surface area contributed by atoms with E-state index in [1.54, 1.807) is 0 Å². The van der Waals surface area contributed by atoms with Crippen LogP contribution in [0.2, 0.25) is 0 Å². The molecule has 2 heterocycles. The van der Waals surface area contributed by atoms with Crippen LogP contribution < -0.4 is 67.6 Å². The maximum Gasteiger partial charge on any atom is 1.00 e. The number of nitrogens with zero attached hydrogens (tertiary/aromatic N) is 2. The number of ether oxygens (including phenoxy) is 1. The van der Waals surface area contributed by atoms with Crippen LogP contribution in [0.5, 0.6) is 0 Å².